The van der Waals surface area contributed by atoms with Gasteiger partial charge in [0.15, 0.2) is 0 Å². The van der Waals surface area contributed by atoms with Crippen molar-refractivity contribution in [2.45, 2.75) is 32.9 Å². The zero-order valence-corrected chi connectivity index (χ0v) is 12.9. The second-order valence-corrected chi connectivity index (χ2v) is 7.95. The molecular formula is C15H24O2Si. The highest BCUT2D eigenvalue weighted by molar-refractivity contribution is 6.67. The molecular weight excluding hydrogens is 240 g/mol. The fraction of sp³-hybridized carbons (Fsp3) is 0.467. The van der Waals surface area contributed by atoms with E-state index in [0.717, 1.165) is 5.56 Å². The molecule has 0 spiro atoms. The highest BCUT2D eigenvalue weighted by Gasteiger charge is 2.38. The summed E-state index contributed by atoms with van der Waals surface area (Å²) in [4.78, 5) is 0. The Balaban J connectivity index is 2.93. The first-order valence-electron chi connectivity index (χ1n) is 6.57. The molecule has 2 nitrogen and oxygen atoms in total. The van der Waals surface area contributed by atoms with Crippen molar-refractivity contribution in [2.24, 2.45) is 0 Å². The van der Waals surface area contributed by atoms with Crippen LogP contribution in [-0.2, 0) is 8.85 Å². The van der Waals surface area contributed by atoms with Crippen molar-refractivity contribution in [1.29, 1.82) is 0 Å². The molecule has 0 aliphatic carbocycles. The average molecular weight is 264 g/mol. The van der Waals surface area contributed by atoms with Crippen molar-refractivity contribution in [3.63, 3.8) is 0 Å². The van der Waals surface area contributed by atoms with Gasteiger partial charge in [-0.15, -0.1) is 0 Å². The summed E-state index contributed by atoms with van der Waals surface area (Å²) in [6.07, 6.45) is 1.86. The number of rotatable bonds is 7. The maximum atomic E-state index is 5.94. The lowest BCUT2D eigenvalue weighted by atomic mass is 10.1. The van der Waals surface area contributed by atoms with E-state index in [2.05, 4.69) is 44.3 Å². The molecule has 0 amide bonds. The molecule has 1 rings (SSSR count). The number of benzene rings is 1. The van der Waals surface area contributed by atoms with Crippen LogP contribution in [0.3, 0.4) is 0 Å². The second-order valence-electron chi connectivity index (χ2n) is 4.47. The molecule has 0 saturated carbocycles. The summed E-state index contributed by atoms with van der Waals surface area (Å²) >= 11 is 0. The van der Waals surface area contributed by atoms with E-state index in [1.54, 1.807) is 0 Å². The zero-order valence-electron chi connectivity index (χ0n) is 11.9. The van der Waals surface area contributed by atoms with Crippen LogP contribution >= 0.6 is 0 Å². The third-order valence-corrected chi connectivity index (χ3v) is 6.95. The lowest BCUT2D eigenvalue weighted by Gasteiger charge is -2.32. The van der Waals surface area contributed by atoms with Crippen LogP contribution in [-0.4, -0.2) is 21.8 Å². The van der Waals surface area contributed by atoms with Crippen molar-refractivity contribution in [2.75, 3.05) is 13.2 Å². The van der Waals surface area contributed by atoms with Crippen LogP contribution in [0.15, 0.2) is 30.8 Å². The van der Waals surface area contributed by atoms with E-state index in [9.17, 15) is 0 Å². The topological polar surface area (TPSA) is 18.5 Å². The Labute approximate surface area is 112 Å². The predicted molar refractivity (Wildman–Crippen MR) is 79.8 cm³/mol. The summed E-state index contributed by atoms with van der Waals surface area (Å²) in [5.41, 5.74) is 2.73. The Morgan fingerprint density at radius 1 is 1.17 bits per heavy atom. The van der Waals surface area contributed by atoms with Crippen LogP contribution in [0, 0.1) is 0 Å². The van der Waals surface area contributed by atoms with Crippen molar-refractivity contribution >= 4 is 14.6 Å². The Morgan fingerprint density at radius 3 is 2.06 bits per heavy atom. The molecule has 18 heavy (non-hydrogen) atoms. The van der Waals surface area contributed by atoms with E-state index in [1.165, 1.54) is 5.56 Å². The minimum absolute atomic E-state index is 0.316. The monoisotopic (exact) mass is 264 g/mol. The Bertz CT molecular complexity index is 367. The predicted octanol–water partition coefficient (Wildman–Crippen LogP) is 4.12. The molecule has 1 atom stereocenters. The molecule has 0 bridgehead atoms. The molecule has 0 saturated heterocycles. The highest BCUT2D eigenvalue weighted by Crippen LogP contribution is 2.28. The third kappa shape index (κ3) is 3.54. The van der Waals surface area contributed by atoms with E-state index in [0.29, 0.717) is 18.8 Å². The molecule has 1 aromatic rings. The molecule has 100 valence electrons. The summed E-state index contributed by atoms with van der Waals surface area (Å²) in [6.45, 7) is 13.6. The fourth-order valence-corrected chi connectivity index (χ4v) is 4.62. The van der Waals surface area contributed by atoms with E-state index in [1.807, 2.05) is 19.9 Å². The molecule has 1 aromatic carbocycles. The van der Waals surface area contributed by atoms with Gasteiger partial charge >= 0.3 is 8.56 Å². The Kier molecular flexibility index (Phi) is 5.79. The van der Waals surface area contributed by atoms with Gasteiger partial charge in [0.25, 0.3) is 0 Å². The molecule has 0 aliphatic heterocycles. The van der Waals surface area contributed by atoms with Gasteiger partial charge in [0.2, 0.25) is 0 Å². The largest absolute Gasteiger partial charge is 0.394 e. The first-order chi connectivity index (χ1) is 8.57. The van der Waals surface area contributed by atoms with E-state index >= 15 is 0 Å². The molecule has 0 aromatic heterocycles. The van der Waals surface area contributed by atoms with Gasteiger partial charge in [-0.05, 0) is 31.5 Å². The quantitative estimate of drug-likeness (QED) is 0.690. The maximum absolute atomic E-state index is 5.94. The summed E-state index contributed by atoms with van der Waals surface area (Å²) < 4.78 is 11.9. The van der Waals surface area contributed by atoms with Crippen molar-refractivity contribution < 1.29 is 8.85 Å². The van der Waals surface area contributed by atoms with Gasteiger partial charge in [-0.2, -0.15) is 0 Å². The zero-order chi connectivity index (χ0) is 13.6. The molecule has 0 heterocycles. The van der Waals surface area contributed by atoms with Gasteiger partial charge in [-0.3, -0.25) is 0 Å². The molecule has 0 radical (unpaired) electrons. The van der Waals surface area contributed by atoms with Crippen molar-refractivity contribution in [1.82, 2.24) is 0 Å². The van der Waals surface area contributed by atoms with Crippen LogP contribution in [0.5, 0.6) is 0 Å². The molecule has 0 N–H and O–H groups in total. The van der Waals surface area contributed by atoms with Gasteiger partial charge < -0.3 is 8.85 Å². The summed E-state index contributed by atoms with van der Waals surface area (Å²) in [6, 6.07) is 8.47. The second kappa shape index (κ2) is 6.88. The Hall–Kier alpha value is -0.903. The first kappa shape index (κ1) is 15.2. The number of hydrogen-bond acceptors (Lipinski definition) is 2. The van der Waals surface area contributed by atoms with Crippen molar-refractivity contribution in [3.8, 4) is 0 Å². The van der Waals surface area contributed by atoms with Crippen LogP contribution < -0.4 is 0 Å². The SMILES string of the molecule is C=Cc1ccc(C(C)[Si](C)(OCC)OCC)cc1. The summed E-state index contributed by atoms with van der Waals surface area (Å²) in [5, 5.41) is 0. The molecule has 0 aliphatic rings. The molecule has 1 unspecified atom stereocenters. The molecule has 3 heteroatoms. The van der Waals surface area contributed by atoms with Crippen LogP contribution in [0.4, 0.5) is 0 Å². The van der Waals surface area contributed by atoms with Crippen LogP contribution in [0.2, 0.25) is 6.55 Å². The van der Waals surface area contributed by atoms with Gasteiger partial charge in [-0.1, -0.05) is 43.8 Å². The minimum atomic E-state index is -2.15. The number of hydrogen-bond donors (Lipinski definition) is 0. The summed E-state index contributed by atoms with van der Waals surface area (Å²) in [7, 11) is -2.15. The lowest BCUT2D eigenvalue weighted by molar-refractivity contribution is 0.181. The van der Waals surface area contributed by atoms with Crippen molar-refractivity contribution in [3.05, 3.63) is 42.0 Å². The molecule has 0 fully saturated rings. The highest BCUT2D eigenvalue weighted by atomic mass is 28.4. The first-order valence-corrected chi connectivity index (χ1v) is 8.97. The Morgan fingerprint density at radius 2 is 1.67 bits per heavy atom. The summed E-state index contributed by atoms with van der Waals surface area (Å²) in [5.74, 6) is 0. The minimum Gasteiger partial charge on any atom is -0.394 e. The van der Waals surface area contributed by atoms with E-state index < -0.39 is 8.56 Å². The van der Waals surface area contributed by atoms with E-state index in [4.69, 9.17) is 8.85 Å². The average Bonchev–Trinajstić information content (AvgIpc) is 2.38. The van der Waals surface area contributed by atoms with Gasteiger partial charge in [-0.25, -0.2) is 0 Å². The van der Waals surface area contributed by atoms with Gasteiger partial charge in [0.1, 0.15) is 0 Å². The standard InChI is InChI=1S/C15H24O2Si/c1-6-14-9-11-15(12-10-14)13(4)18(5,16-7-2)17-8-3/h6,9-13H,1,7-8H2,2-5H3. The van der Waals surface area contributed by atoms with Gasteiger partial charge in [0, 0.05) is 18.8 Å². The lowest BCUT2D eigenvalue weighted by Crippen LogP contribution is -2.44. The normalized spacial score (nSPS) is 13.3. The van der Waals surface area contributed by atoms with Crippen LogP contribution in [0.25, 0.3) is 6.08 Å². The maximum Gasteiger partial charge on any atom is 0.342 e. The van der Waals surface area contributed by atoms with E-state index in [-0.39, 0.29) is 0 Å². The van der Waals surface area contributed by atoms with Crippen LogP contribution in [0.1, 0.15) is 37.4 Å². The smallest absolute Gasteiger partial charge is 0.342 e. The fourth-order valence-electron chi connectivity index (χ4n) is 2.09. The third-order valence-electron chi connectivity index (χ3n) is 3.32. The van der Waals surface area contributed by atoms with Gasteiger partial charge in [0.05, 0.1) is 0 Å².